The lowest BCUT2D eigenvalue weighted by Gasteiger charge is -2.12. The minimum absolute atomic E-state index is 0.0966. The smallest absolute Gasteiger partial charge is 0.280 e. The van der Waals surface area contributed by atoms with Crippen LogP contribution < -0.4 is 15.8 Å². The first-order chi connectivity index (χ1) is 16.4. The van der Waals surface area contributed by atoms with Gasteiger partial charge in [0, 0.05) is 18.7 Å². The van der Waals surface area contributed by atoms with E-state index in [1.165, 1.54) is 11.8 Å². The lowest BCUT2D eigenvalue weighted by molar-refractivity contribution is 0.0946. The van der Waals surface area contributed by atoms with Crippen molar-refractivity contribution in [2.75, 3.05) is 20.3 Å². The zero-order valence-corrected chi connectivity index (χ0v) is 18.5. The summed E-state index contributed by atoms with van der Waals surface area (Å²) in [5.74, 6) is -0.798. The van der Waals surface area contributed by atoms with Crippen molar-refractivity contribution in [1.82, 2.24) is 15.1 Å². The summed E-state index contributed by atoms with van der Waals surface area (Å²) >= 11 is 0. The molecule has 1 unspecified atom stereocenters. The van der Waals surface area contributed by atoms with Gasteiger partial charge in [0.2, 0.25) is 0 Å². The van der Waals surface area contributed by atoms with E-state index in [4.69, 9.17) is 15.2 Å². The Hall–Kier alpha value is -3.79. The van der Waals surface area contributed by atoms with E-state index in [9.17, 15) is 18.4 Å². The van der Waals surface area contributed by atoms with Gasteiger partial charge in [0.15, 0.2) is 0 Å². The number of carbonyl (C=O) groups excluding carboxylic acids is 2. The van der Waals surface area contributed by atoms with Crippen LogP contribution in [0, 0.1) is 0 Å². The van der Waals surface area contributed by atoms with Gasteiger partial charge in [-0.15, -0.1) is 0 Å². The molecule has 1 atom stereocenters. The number of nitrogens with two attached hydrogens (primary N) is 1. The minimum Gasteiger partial charge on any atom is -0.496 e. The molecule has 0 spiro atoms. The van der Waals surface area contributed by atoms with Gasteiger partial charge < -0.3 is 20.5 Å². The van der Waals surface area contributed by atoms with Crippen molar-refractivity contribution < 1.29 is 27.8 Å². The van der Waals surface area contributed by atoms with Crippen LogP contribution in [0.5, 0.6) is 5.75 Å². The summed E-state index contributed by atoms with van der Waals surface area (Å²) in [6.45, 7) is 0.906. The minimum atomic E-state index is -2.92. The summed E-state index contributed by atoms with van der Waals surface area (Å²) in [5.41, 5.74) is 6.43. The number of nitrogens with zero attached hydrogens (tertiary/aromatic N) is 2. The first-order valence-electron chi connectivity index (χ1n) is 10.7. The molecule has 2 amide bonds. The van der Waals surface area contributed by atoms with Crippen LogP contribution in [0.25, 0.3) is 11.3 Å². The maximum absolute atomic E-state index is 13.9. The first kappa shape index (κ1) is 23.4. The van der Waals surface area contributed by atoms with Crippen LogP contribution in [0.4, 0.5) is 8.78 Å². The molecule has 1 saturated heterocycles. The molecule has 3 aromatic rings. The van der Waals surface area contributed by atoms with Crippen molar-refractivity contribution in [3.63, 3.8) is 0 Å². The van der Waals surface area contributed by atoms with E-state index < -0.39 is 18.0 Å². The van der Waals surface area contributed by atoms with E-state index >= 15 is 0 Å². The second-order valence-electron chi connectivity index (χ2n) is 7.82. The molecule has 2 heterocycles. The molecular weight excluding hydrogens is 446 g/mol. The molecule has 0 radical (unpaired) electrons. The van der Waals surface area contributed by atoms with Crippen molar-refractivity contribution in [3.05, 3.63) is 70.9 Å². The number of hydrogen-bond donors (Lipinski definition) is 2. The number of primary amides is 1. The molecule has 178 valence electrons. The van der Waals surface area contributed by atoms with Crippen molar-refractivity contribution in [1.29, 1.82) is 0 Å². The predicted molar refractivity (Wildman–Crippen MR) is 120 cm³/mol. The number of halogens is 2. The SMILES string of the molecule is COc1ccccc1C(=O)NCc1ccc(-c2nn(C3CCOC3)c(C(F)F)c2C(N)=O)cc1. The Labute approximate surface area is 194 Å². The van der Waals surface area contributed by atoms with Crippen LogP contribution in [-0.2, 0) is 11.3 Å². The second kappa shape index (κ2) is 10.0. The van der Waals surface area contributed by atoms with Crippen LogP contribution in [-0.4, -0.2) is 41.9 Å². The monoisotopic (exact) mass is 470 g/mol. The standard InChI is InChI=1S/C24H24F2N4O4/c1-33-18-5-3-2-4-17(18)24(32)28-12-14-6-8-15(9-7-14)20-19(23(27)31)21(22(25)26)30(29-20)16-10-11-34-13-16/h2-9,16,22H,10-13H2,1H3,(H2,27,31)(H,28,32). The molecule has 2 aromatic carbocycles. The fourth-order valence-corrected chi connectivity index (χ4v) is 3.99. The predicted octanol–water partition coefficient (Wildman–Crippen LogP) is 3.49. The topological polar surface area (TPSA) is 108 Å². The zero-order valence-electron chi connectivity index (χ0n) is 18.5. The summed E-state index contributed by atoms with van der Waals surface area (Å²) < 4.78 is 39.5. The lowest BCUT2D eigenvalue weighted by atomic mass is 10.0. The Balaban J connectivity index is 1.57. The lowest BCUT2D eigenvalue weighted by Crippen LogP contribution is -2.23. The Morgan fingerprint density at radius 3 is 2.59 bits per heavy atom. The Morgan fingerprint density at radius 1 is 1.24 bits per heavy atom. The van der Waals surface area contributed by atoms with Crippen LogP contribution >= 0.6 is 0 Å². The van der Waals surface area contributed by atoms with Crippen LogP contribution in [0.15, 0.2) is 48.5 Å². The van der Waals surface area contributed by atoms with E-state index in [1.54, 1.807) is 48.5 Å². The number of amides is 2. The fourth-order valence-electron chi connectivity index (χ4n) is 3.99. The number of rotatable bonds is 8. The third-order valence-corrected chi connectivity index (χ3v) is 5.68. The third-order valence-electron chi connectivity index (χ3n) is 5.68. The number of para-hydroxylation sites is 1. The maximum atomic E-state index is 13.9. The quantitative estimate of drug-likeness (QED) is 0.524. The molecule has 8 nitrogen and oxygen atoms in total. The van der Waals surface area contributed by atoms with E-state index in [0.717, 1.165) is 5.56 Å². The van der Waals surface area contributed by atoms with Crippen LogP contribution in [0.1, 0.15) is 50.9 Å². The first-order valence-corrected chi connectivity index (χ1v) is 10.7. The van der Waals surface area contributed by atoms with Crippen molar-refractivity contribution >= 4 is 11.8 Å². The van der Waals surface area contributed by atoms with Gasteiger partial charge in [-0.2, -0.15) is 5.10 Å². The average molecular weight is 470 g/mol. The highest BCUT2D eigenvalue weighted by atomic mass is 19.3. The van der Waals surface area contributed by atoms with Gasteiger partial charge in [0.25, 0.3) is 18.2 Å². The number of benzene rings is 2. The van der Waals surface area contributed by atoms with Crippen molar-refractivity contribution in [2.24, 2.45) is 5.73 Å². The molecule has 3 N–H and O–H groups in total. The van der Waals surface area contributed by atoms with Gasteiger partial charge in [-0.25, -0.2) is 8.78 Å². The highest BCUT2D eigenvalue weighted by molar-refractivity contribution is 6.00. The summed E-state index contributed by atoms with van der Waals surface area (Å²) in [6, 6.07) is 13.3. The van der Waals surface area contributed by atoms with Crippen LogP contribution in [0.3, 0.4) is 0 Å². The molecule has 34 heavy (non-hydrogen) atoms. The van der Waals surface area contributed by atoms with Gasteiger partial charge in [-0.3, -0.25) is 14.3 Å². The number of nitrogens with one attached hydrogen (secondary N) is 1. The average Bonchev–Trinajstić information content (AvgIpc) is 3.51. The highest BCUT2D eigenvalue weighted by Crippen LogP contribution is 2.35. The van der Waals surface area contributed by atoms with Crippen molar-refractivity contribution in [3.8, 4) is 17.0 Å². The third kappa shape index (κ3) is 4.62. The normalized spacial score (nSPS) is 15.5. The molecule has 10 heteroatoms. The fraction of sp³-hybridized carbons (Fsp3) is 0.292. The van der Waals surface area contributed by atoms with Crippen LogP contribution in [0.2, 0.25) is 0 Å². The Bertz CT molecular complexity index is 1190. The molecule has 4 rings (SSSR count). The zero-order chi connectivity index (χ0) is 24.2. The van der Waals surface area contributed by atoms with Gasteiger partial charge in [0.05, 0.1) is 30.9 Å². The molecule has 0 bridgehead atoms. The summed E-state index contributed by atoms with van der Waals surface area (Å²) in [5, 5.41) is 7.16. The Morgan fingerprint density at radius 2 is 1.97 bits per heavy atom. The largest absolute Gasteiger partial charge is 0.496 e. The number of methoxy groups -OCH3 is 1. The van der Waals surface area contributed by atoms with Gasteiger partial charge in [-0.1, -0.05) is 36.4 Å². The van der Waals surface area contributed by atoms with E-state index in [0.29, 0.717) is 29.9 Å². The molecule has 1 fully saturated rings. The second-order valence-corrected chi connectivity index (χ2v) is 7.82. The summed E-state index contributed by atoms with van der Waals surface area (Å²) in [6.07, 6.45) is -2.40. The molecule has 0 saturated carbocycles. The number of carbonyl (C=O) groups is 2. The Kier molecular flexibility index (Phi) is 6.87. The number of hydrogen-bond acceptors (Lipinski definition) is 5. The number of alkyl halides is 2. The highest BCUT2D eigenvalue weighted by Gasteiger charge is 2.33. The van der Waals surface area contributed by atoms with E-state index in [1.807, 2.05) is 0 Å². The van der Waals surface area contributed by atoms with Gasteiger partial charge in [0.1, 0.15) is 17.1 Å². The maximum Gasteiger partial charge on any atom is 0.280 e. The molecule has 1 aromatic heterocycles. The summed E-state index contributed by atoms with van der Waals surface area (Å²) in [7, 11) is 1.49. The van der Waals surface area contributed by atoms with Gasteiger partial charge in [-0.05, 0) is 24.1 Å². The molecule has 1 aliphatic heterocycles. The number of ether oxygens (including phenoxy) is 2. The van der Waals surface area contributed by atoms with Gasteiger partial charge >= 0.3 is 0 Å². The molecule has 0 aliphatic carbocycles. The number of aromatic nitrogens is 2. The van der Waals surface area contributed by atoms with E-state index in [-0.39, 0.29) is 36.4 Å². The molecule has 1 aliphatic rings. The van der Waals surface area contributed by atoms with Crippen molar-refractivity contribution in [2.45, 2.75) is 25.4 Å². The van der Waals surface area contributed by atoms with E-state index in [2.05, 4.69) is 10.4 Å². The summed E-state index contributed by atoms with van der Waals surface area (Å²) in [4.78, 5) is 24.6. The molecular formula is C24H24F2N4O4.